The average molecular weight is 213 g/mol. The predicted molar refractivity (Wildman–Crippen MR) is 55.3 cm³/mol. The Labute approximate surface area is 90.1 Å². The SMILES string of the molecule is CC1CC(OC(=O)C2(N)CC2)CC(C)O1. The summed E-state index contributed by atoms with van der Waals surface area (Å²) < 4.78 is 11.0. The summed E-state index contributed by atoms with van der Waals surface area (Å²) in [5.74, 6) is -0.228. The molecule has 15 heavy (non-hydrogen) atoms. The van der Waals surface area contributed by atoms with E-state index in [4.69, 9.17) is 15.2 Å². The maximum atomic E-state index is 11.6. The fourth-order valence-corrected chi connectivity index (χ4v) is 2.05. The minimum atomic E-state index is -0.662. The van der Waals surface area contributed by atoms with Gasteiger partial charge in [-0.2, -0.15) is 0 Å². The lowest BCUT2D eigenvalue weighted by Gasteiger charge is -2.32. The van der Waals surface area contributed by atoms with E-state index in [1.807, 2.05) is 13.8 Å². The van der Waals surface area contributed by atoms with Gasteiger partial charge in [0.05, 0.1) is 12.2 Å². The quantitative estimate of drug-likeness (QED) is 0.694. The summed E-state index contributed by atoms with van der Waals surface area (Å²) in [6.45, 7) is 4.01. The summed E-state index contributed by atoms with van der Waals surface area (Å²) in [7, 11) is 0. The smallest absolute Gasteiger partial charge is 0.326 e. The van der Waals surface area contributed by atoms with Crippen LogP contribution in [0.1, 0.15) is 39.5 Å². The highest BCUT2D eigenvalue weighted by Gasteiger charge is 2.48. The third kappa shape index (κ3) is 2.49. The molecule has 1 aliphatic carbocycles. The normalized spacial score (nSPS) is 38.5. The lowest BCUT2D eigenvalue weighted by Crippen LogP contribution is -2.41. The van der Waals surface area contributed by atoms with Crippen molar-refractivity contribution in [1.29, 1.82) is 0 Å². The molecule has 0 spiro atoms. The summed E-state index contributed by atoms with van der Waals surface area (Å²) in [4.78, 5) is 11.6. The molecule has 0 aromatic rings. The van der Waals surface area contributed by atoms with Crippen LogP contribution in [0.25, 0.3) is 0 Å². The molecule has 1 heterocycles. The number of carbonyl (C=O) groups is 1. The summed E-state index contributed by atoms with van der Waals surface area (Å²) >= 11 is 0. The summed E-state index contributed by atoms with van der Waals surface area (Å²) in [6, 6.07) is 0. The molecule has 2 N–H and O–H groups in total. The van der Waals surface area contributed by atoms with E-state index in [0.29, 0.717) is 0 Å². The van der Waals surface area contributed by atoms with Crippen LogP contribution in [0.3, 0.4) is 0 Å². The number of nitrogens with two attached hydrogens (primary N) is 1. The van der Waals surface area contributed by atoms with E-state index in [2.05, 4.69) is 0 Å². The first-order valence-electron chi connectivity index (χ1n) is 5.65. The zero-order valence-electron chi connectivity index (χ0n) is 9.36. The average Bonchev–Trinajstić information content (AvgIpc) is 2.83. The van der Waals surface area contributed by atoms with E-state index >= 15 is 0 Å². The first-order chi connectivity index (χ1) is 6.99. The second-order valence-corrected chi connectivity index (χ2v) is 4.91. The standard InChI is InChI=1S/C11H19NO3/c1-7-5-9(6-8(2)14-7)15-10(13)11(12)3-4-11/h7-9H,3-6,12H2,1-2H3. The zero-order chi connectivity index (χ0) is 11.1. The number of hydrogen-bond acceptors (Lipinski definition) is 4. The van der Waals surface area contributed by atoms with Crippen molar-refractivity contribution in [1.82, 2.24) is 0 Å². The van der Waals surface area contributed by atoms with Crippen LogP contribution in [0.5, 0.6) is 0 Å². The summed E-state index contributed by atoms with van der Waals surface area (Å²) in [5.41, 5.74) is 5.11. The van der Waals surface area contributed by atoms with Gasteiger partial charge in [0, 0.05) is 12.8 Å². The second-order valence-electron chi connectivity index (χ2n) is 4.91. The molecule has 1 saturated heterocycles. The molecule has 2 unspecified atom stereocenters. The van der Waals surface area contributed by atoms with E-state index in [1.54, 1.807) is 0 Å². The monoisotopic (exact) mass is 213 g/mol. The largest absolute Gasteiger partial charge is 0.461 e. The Hall–Kier alpha value is -0.610. The molecule has 0 bridgehead atoms. The van der Waals surface area contributed by atoms with Crippen LogP contribution in [-0.2, 0) is 14.3 Å². The first-order valence-corrected chi connectivity index (χ1v) is 5.65. The van der Waals surface area contributed by atoms with Gasteiger partial charge in [-0.05, 0) is 26.7 Å². The number of esters is 1. The number of hydrogen-bond donors (Lipinski definition) is 1. The maximum Gasteiger partial charge on any atom is 0.326 e. The molecule has 0 radical (unpaired) electrons. The van der Waals surface area contributed by atoms with Gasteiger partial charge in [0.2, 0.25) is 0 Å². The number of carbonyl (C=O) groups excluding carboxylic acids is 1. The lowest BCUT2D eigenvalue weighted by atomic mass is 10.0. The van der Waals surface area contributed by atoms with E-state index in [1.165, 1.54) is 0 Å². The molecule has 0 aromatic carbocycles. The van der Waals surface area contributed by atoms with Crippen molar-refractivity contribution >= 4 is 5.97 Å². The van der Waals surface area contributed by atoms with Crippen molar-refractivity contribution in [3.05, 3.63) is 0 Å². The minimum absolute atomic E-state index is 0.0164. The van der Waals surface area contributed by atoms with Crippen LogP contribution in [-0.4, -0.2) is 29.8 Å². The van der Waals surface area contributed by atoms with Crippen molar-refractivity contribution in [3.63, 3.8) is 0 Å². The van der Waals surface area contributed by atoms with Gasteiger partial charge < -0.3 is 15.2 Å². The molecule has 0 amide bonds. The third-order valence-electron chi connectivity index (χ3n) is 3.12. The van der Waals surface area contributed by atoms with Crippen molar-refractivity contribution in [2.24, 2.45) is 5.73 Å². The molecule has 1 aliphatic heterocycles. The van der Waals surface area contributed by atoms with Gasteiger partial charge in [-0.15, -0.1) is 0 Å². The Kier molecular flexibility index (Phi) is 2.73. The summed E-state index contributed by atoms with van der Waals surface area (Å²) in [5, 5.41) is 0. The van der Waals surface area contributed by atoms with Gasteiger partial charge in [-0.1, -0.05) is 0 Å². The maximum absolute atomic E-state index is 11.6. The van der Waals surface area contributed by atoms with Gasteiger partial charge in [0.1, 0.15) is 11.6 Å². The number of ether oxygens (including phenoxy) is 2. The van der Waals surface area contributed by atoms with E-state index in [9.17, 15) is 4.79 Å². The minimum Gasteiger partial charge on any atom is -0.461 e. The predicted octanol–water partition coefficient (Wildman–Crippen LogP) is 0.977. The fourth-order valence-electron chi connectivity index (χ4n) is 2.05. The van der Waals surface area contributed by atoms with Crippen molar-refractivity contribution < 1.29 is 14.3 Å². The van der Waals surface area contributed by atoms with Gasteiger partial charge >= 0.3 is 5.97 Å². The van der Waals surface area contributed by atoms with Crippen molar-refractivity contribution in [3.8, 4) is 0 Å². The van der Waals surface area contributed by atoms with E-state index in [-0.39, 0.29) is 24.3 Å². The van der Waals surface area contributed by atoms with Crippen LogP contribution in [0.15, 0.2) is 0 Å². The van der Waals surface area contributed by atoms with E-state index < -0.39 is 5.54 Å². The van der Waals surface area contributed by atoms with Gasteiger partial charge in [0.15, 0.2) is 0 Å². The zero-order valence-corrected chi connectivity index (χ0v) is 9.36. The number of rotatable bonds is 2. The van der Waals surface area contributed by atoms with Crippen molar-refractivity contribution in [2.45, 2.75) is 63.4 Å². The first kappa shape index (κ1) is 10.9. The molecular formula is C11H19NO3. The van der Waals surface area contributed by atoms with Crippen LogP contribution in [0, 0.1) is 0 Å². The molecule has 0 aromatic heterocycles. The third-order valence-corrected chi connectivity index (χ3v) is 3.12. The highest BCUT2D eigenvalue weighted by molar-refractivity contribution is 5.83. The Morgan fingerprint density at radius 1 is 1.33 bits per heavy atom. The highest BCUT2D eigenvalue weighted by atomic mass is 16.6. The van der Waals surface area contributed by atoms with Crippen LogP contribution in [0.2, 0.25) is 0 Å². The van der Waals surface area contributed by atoms with Gasteiger partial charge in [0.25, 0.3) is 0 Å². The molecule has 4 heteroatoms. The Bertz CT molecular complexity index is 253. The molecular weight excluding hydrogens is 194 g/mol. The Balaban J connectivity index is 1.86. The van der Waals surface area contributed by atoms with Crippen LogP contribution < -0.4 is 5.73 Å². The molecule has 2 rings (SSSR count). The van der Waals surface area contributed by atoms with Gasteiger partial charge in [-0.3, -0.25) is 4.79 Å². The fraction of sp³-hybridized carbons (Fsp3) is 0.909. The van der Waals surface area contributed by atoms with Gasteiger partial charge in [-0.25, -0.2) is 0 Å². The molecule has 86 valence electrons. The highest BCUT2D eigenvalue weighted by Crippen LogP contribution is 2.34. The van der Waals surface area contributed by atoms with Crippen LogP contribution >= 0.6 is 0 Å². The summed E-state index contributed by atoms with van der Waals surface area (Å²) in [6.07, 6.45) is 3.41. The molecule has 2 fully saturated rings. The molecule has 2 atom stereocenters. The second kappa shape index (κ2) is 3.76. The lowest BCUT2D eigenvalue weighted by molar-refractivity contribution is -0.162. The Morgan fingerprint density at radius 3 is 2.33 bits per heavy atom. The Morgan fingerprint density at radius 2 is 1.87 bits per heavy atom. The van der Waals surface area contributed by atoms with Crippen LogP contribution in [0.4, 0.5) is 0 Å². The molecule has 1 saturated carbocycles. The topological polar surface area (TPSA) is 61.5 Å². The molecule has 4 nitrogen and oxygen atoms in total. The van der Waals surface area contributed by atoms with Crippen molar-refractivity contribution in [2.75, 3.05) is 0 Å². The molecule has 2 aliphatic rings. The van der Waals surface area contributed by atoms with E-state index in [0.717, 1.165) is 25.7 Å².